The van der Waals surface area contributed by atoms with Gasteiger partial charge in [0.15, 0.2) is 0 Å². The monoisotopic (exact) mass is 287 g/mol. The molecule has 1 fully saturated rings. The third-order valence-corrected chi connectivity index (χ3v) is 4.72. The van der Waals surface area contributed by atoms with Crippen LogP contribution in [0.15, 0.2) is 18.2 Å². The maximum absolute atomic E-state index is 12.5. The molecule has 2 atom stereocenters. The van der Waals surface area contributed by atoms with Gasteiger partial charge in [0.25, 0.3) is 0 Å². The predicted molar refractivity (Wildman–Crippen MR) is 84.6 cm³/mol. The summed E-state index contributed by atoms with van der Waals surface area (Å²) in [7, 11) is 0. The van der Waals surface area contributed by atoms with Gasteiger partial charge in [0, 0.05) is 12.2 Å². The molecule has 2 aliphatic rings. The second-order valence-electron chi connectivity index (χ2n) is 6.81. The topological polar surface area (TPSA) is 38.3 Å². The minimum absolute atomic E-state index is 0.0867. The Balaban J connectivity index is 1.74. The standard InChI is InChI=1S/C18H25NO2/c1-12-9-13(2)11-14(10-12)21-18(20)16-5-3-7-17-15(16)6-4-8-19-17/h3,5,7,12-14,19H,4,6,8-11H2,1-2H3. The van der Waals surface area contributed by atoms with E-state index in [0.717, 1.165) is 49.0 Å². The number of hydrogen-bond acceptors (Lipinski definition) is 3. The Morgan fingerprint density at radius 1 is 1.19 bits per heavy atom. The van der Waals surface area contributed by atoms with Crippen molar-refractivity contribution >= 4 is 11.7 Å². The molecule has 0 spiro atoms. The molecule has 0 saturated heterocycles. The summed E-state index contributed by atoms with van der Waals surface area (Å²) < 4.78 is 5.82. The average molecular weight is 287 g/mol. The number of benzene rings is 1. The van der Waals surface area contributed by atoms with E-state index in [1.54, 1.807) is 0 Å². The summed E-state index contributed by atoms with van der Waals surface area (Å²) in [6.07, 6.45) is 5.38. The highest BCUT2D eigenvalue weighted by atomic mass is 16.5. The molecule has 3 heteroatoms. The molecule has 1 aromatic carbocycles. The molecule has 0 aromatic heterocycles. The van der Waals surface area contributed by atoms with Crippen LogP contribution in [0, 0.1) is 11.8 Å². The summed E-state index contributed by atoms with van der Waals surface area (Å²) in [4.78, 5) is 12.5. The highest BCUT2D eigenvalue weighted by molar-refractivity contribution is 5.93. The fourth-order valence-electron chi connectivity index (χ4n) is 3.89. The Bertz CT molecular complexity index is 516. The summed E-state index contributed by atoms with van der Waals surface area (Å²) in [5.74, 6) is 1.16. The van der Waals surface area contributed by atoms with E-state index in [0.29, 0.717) is 11.8 Å². The van der Waals surface area contributed by atoms with Crippen LogP contribution in [0.4, 0.5) is 5.69 Å². The largest absolute Gasteiger partial charge is 0.459 e. The van der Waals surface area contributed by atoms with Crippen molar-refractivity contribution in [1.82, 2.24) is 0 Å². The van der Waals surface area contributed by atoms with Crippen LogP contribution < -0.4 is 5.32 Å². The molecule has 1 heterocycles. The maximum Gasteiger partial charge on any atom is 0.338 e. The smallest absolute Gasteiger partial charge is 0.338 e. The highest BCUT2D eigenvalue weighted by Gasteiger charge is 2.28. The van der Waals surface area contributed by atoms with E-state index < -0.39 is 0 Å². The first kappa shape index (κ1) is 14.4. The molecule has 114 valence electrons. The fourth-order valence-corrected chi connectivity index (χ4v) is 3.89. The average Bonchev–Trinajstić information content (AvgIpc) is 2.45. The fraction of sp³-hybridized carbons (Fsp3) is 0.611. The van der Waals surface area contributed by atoms with Gasteiger partial charge < -0.3 is 10.1 Å². The zero-order valence-corrected chi connectivity index (χ0v) is 13.0. The molecular weight excluding hydrogens is 262 g/mol. The van der Waals surface area contributed by atoms with Gasteiger partial charge in [-0.15, -0.1) is 0 Å². The van der Waals surface area contributed by atoms with E-state index in [1.165, 1.54) is 6.42 Å². The SMILES string of the molecule is CC1CC(C)CC(OC(=O)c2cccc3c2CCCN3)C1. The first-order chi connectivity index (χ1) is 10.1. The minimum atomic E-state index is -0.137. The van der Waals surface area contributed by atoms with E-state index in [-0.39, 0.29) is 12.1 Å². The van der Waals surface area contributed by atoms with Crippen molar-refractivity contribution in [2.24, 2.45) is 11.8 Å². The first-order valence-corrected chi connectivity index (χ1v) is 8.20. The number of nitrogens with one attached hydrogen (secondary N) is 1. The Morgan fingerprint density at radius 3 is 2.71 bits per heavy atom. The molecule has 1 aromatic rings. The first-order valence-electron chi connectivity index (χ1n) is 8.20. The summed E-state index contributed by atoms with van der Waals surface area (Å²) >= 11 is 0. The molecule has 3 nitrogen and oxygen atoms in total. The summed E-state index contributed by atoms with van der Waals surface area (Å²) in [6, 6.07) is 5.90. The van der Waals surface area contributed by atoms with Gasteiger partial charge in [0.05, 0.1) is 5.56 Å². The molecule has 0 amide bonds. The molecule has 0 radical (unpaired) electrons. The number of esters is 1. The maximum atomic E-state index is 12.5. The van der Waals surface area contributed by atoms with Crippen LogP contribution in [0.2, 0.25) is 0 Å². The van der Waals surface area contributed by atoms with Crippen LogP contribution in [-0.4, -0.2) is 18.6 Å². The van der Waals surface area contributed by atoms with Crippen LogP contribution in [0.25, 0.3) is 0 Å². The number of anilines is 1. The van der Waals surface area contributed by atoms with Crippen LogP contribution in [0.3, 0.4) is 0 Å². The van der Waals surface area contributed by atoms with Gasteiger partial charge in [0.2, 0.25) is 0 Å². The van der Waals surface area contributed by atoms with Crippen molar-refractivity contribution in [3.05, 3.63) is 29.3 Å². The van der Waals surface area contributed by atoms with Gasteiger partial charge in [-0.1, -0.05) is 19.9 Å². The number of hydrogen-bond donors (Lipinski definition) is 1. The van der Waals surface area contributed by atoms with Crippen molar-refractivity contribution in [2.45, 2.75) is 52.1 Å². The molecule has 1 saturated carbocycles. The molecule has 21 heavy (non-hydrogen) atoms. The van der Waals surface area contributed by atoms with E-state index in [4.69, 9.17) is 4.74 Å². The Kier molecular flexibility index (Phi) is 4.18. The molecule has 1 aliphatic heterocycles. The lowest BCUT2D eigenvalue weighted by atomic mass is 9.82. The molecular formula is C18H25NO2. The minimum Gasteiger partial charge on any atom is -0.459 e. The Morgan fingerprint density at radius 2 is 1.95 bits per heavy atom. The Labute approximate surface area is 127 Å². The zero-order chi connectivity index (χ0) is 14.8. The molecule has 1 aliphatic carbocycles. The van der Waals surface area contributed by atoms with Gasteiger partial charge in [-0.25, -0.2) is 4.79 Å². The van der Waals surface area contributed by atoms with Crippen molar-refractivity contribution < 1.29 is 9.53 Å². The van der Waals surface area contributed by atoms with Crippen molar-refractivity contribution in [3.63, 3.8) is 0 Å². The molecule has 3 rings (SSSR count). The number of fused-ring (bicyclic) bond motifs is 1. The van der Waals surface area contributed by atoms with Crippen LogP contribution in [0.1, 0.15) is 55.5 Å². The van der Waals surface area contributed by atoms with Gasteiger partial charge in [-0.05, 0) is 61.6 Å². The lowest BCUT2D eigenvalue weighted by Gasteiger charge is -2.31. The lowest BCUT2D eigenvalue weighted by Crippen LogP contribution is -2.29. The van der Waals surface area contributed by atoms with Crippen LogP contribution in [0.5, 0.6) is 0 Å². The molecule has 0 bridgehead atoms. The number of carbonyl (C=O) groups is 1. The summed E-state index contributed by atoms with van der Waals surface area (Å²) in [6.45, 7) is 5.50. The van der Waals surface area contributed by atoms with E-state index >= 15 is 0 Å². The van der Waals surface area contributed by atoms with Gasteiger partial charge in [0.1, 0.15) is 6.10 Å². The van der Waals surface area contributed by atoms with Gasteiger partial charge in [-0.2, -0.15) is 0 Å². The number of carbonyl (C=O) groups excluding carboxylic acids is 1. The molecule has 2 unspecified atom stereocenters. The van der Waals surface area contributed by atoms with E-state index in [1.807, 2.05) is 12.1 Å². The predicted octanol–water partition coefficient (Wildman–Crippen LogP) is 4.03. The van der Waals surface area contributed by atoms with Crippen LogP contribution >= 0.6 is 0 Å². The van der Waals surface area contributed by atoms with Crippen LogP contribution in [-0.2, 0) is 11.2 Å². The lowest BCUT2D eigenvalue weighted by molar-refractivity contribution is 0.00795. The summed E-state index contributed by atoms with van der Waals surface area (Å²) in [5, 5.41) is 3.37. The Hall–Kier alpha value is -1.51. The third kappa shape index (κ3) is 3.22. The third-order valence-electron chi connectivity index (χ3n) is 4.72. The number of rotatable bonds is 2. The van der Waals surface area contributed by atoms with Gasteiger partial charge >= 0.3 is 5.97 Å². The normalized spacial score (nSPS) is 28.4. The van der Waals surface area contributed by atoms with E-state index in [2.05, 4.69) is 25.2 Å². The second kappa shape index (κ2) is 6.08. The van der Waals surface area contributed by atoms with Crippen molar-refractivity contribution in [2.75, 3.05) is 11.9 Å². The van der Waals surface area contributed by atoms with Crippen molar-refractivity contribution in [3.8, 4) is 0 Å². The summed E-state index contributed by atoms with van der Waals surface area (Å²) in [5.41, 5.74) is 2.98. The van der Waals surface area contributed by atoms with Crippen molar-refractivity contribution in [1.29, 1.82) is 0 Å². The highest BCUT2D eigenvalue weighted by Crippen LogP contribution is 2.32. The second-order valence-corrected chi connectivity index (χ2v) is 6.81. The number of ether oxygens (including phenoxy) is 1. The molecule has 1 N–H and O–H groups in total. The van der Waals surface area contributed by atoms with E-state index in [9.17, 15) is 4.79 Å². The quantitative estimate of drug-likeness (QED) is 0.835. The zero-order valence-electron chi connectivity index (χ0n) is 13.0. The van der Waals surface area contributed by atoms with Gasteiger partial charge in [-0.3, -0.25) is 0 Å².